The van der Waals surface area contributed by atoms with Crippen LogP contribution in [0.15, 0.2) is 41.3 Å². The molecule has 1 heterocycles. The summed E-state index contributed by atoms with van der Waals surface area (Å²) in [6, 6.07) is 9.27. The van der Waals surface area contributed by atoms with Crippen molar-refractivity contribution in [2.24, 2.45) is 5.92 Å². The van der Waals surface area contributed by atoms with Gasteiger partial charge in [0, 0.05) is 29.1 Å². The quantitative estimate of drug-likeness (QED) is 0.677. The lowest BCUT2D eigenvalue weighted by atomic mass is 9.97. The Morgan fingerprint density at radius 3 is 2.34 bits per heavy atom. The van der Waals surface area contributed by atoms with Gasteiger partial charge in [-0.1, -0.05) is 34.8 Å². The largest absolute Gasteiger partial charge is 0.495 e. The molecule has 2 aromatic carbocycles. The highest BCUT2D eigenvalue weighted by molar-refractivity contribution is 7.89. The van der Waals surface area contributed by atoms with E-state index in [-0.39, 0.29) is 39.9 Å². The molecule has 0 aliphatic carbocycles. The first-order chi connectivity index (χ1) is 13.7. The molecule has 0 saturated carbocycles. The van der Waals surface area contributed by atoms with Gasteiger partial charge in [0.15, 0.2) is 0 Å². The normalized spacial score (nSPS) is 15.9. The molecule has 0 atom stereocenters. The minimum Gasteiger partial charge on any atom is -0.495 e. The topological polar surface area (TPSA) is 75.7 Å². The second kappa shape index (κ2) is 9.10. The Kier molecular flexibility index (Phi) is 6.96. The Morgan fingerprint density at radius 2 is 1.69 bits per heavy atom. The number of carbonyl (C=O) groups excluding carboxylic acids is 1. The van der Waals surface area contributed by atoms with Crippen LogP contribution in [0.5, 0.6) is 5.75 Å². The smallest absolute Gasteiger partial charge is 0.244 e. The molecule has 1 aliphatic rings. The van der Waals surface area contributed by atoms with Gasteiger partial charge in [0.25, 0.3) is 0 Å². The molecule has 1 fully saturated rings. The molecule has 0 aromatic heterocycles. The molecule has 0 spiro atoms. The van der Waals surface area contributed by atoms with Gasteiger partial charge in [0.2, 0.25) is 15.9 Å². The van der Waals surface area contributed by atoms with E-state index in [1.54, 1.807) is 18.2 Å². The van der Waals surface area contributed by atoms with Crippen molar-refractivity contribution < 1.29 is 17.9 Å². The predicted octanol–water partition coefficient (Wildman–Crippen LogP) is 4.69. The first-order valence-electron chi connectivity index (χ1n) is 8.82. The fourth-order valence-electron chi connectivity index (χ4n) is 3.18. The summed E-state index contributed by atoms with van der Waals surface area (Å²) >= 11 is 18.0. The Labute approximate surface area is 184 Å². The molecular formula is C19H19Cl3N2O4S. The number of nitrogens with zero attached hydrogens (tertiary/aromatic N) is 1. The van der Waals surface area contributed by atoms with E-state index in [1.807, 2.05) is 0 Å². The molecule has 1 N–H and O–H groups in total. The molecular weight excluding hydrogens is 459 g/mol. The van der Waals surface area contributed by atoms with E-state index >= 15 is 0 Å². The van der Waals surface area contributed by atoms with Gasteiger partial charge in [-0.2, -0.15) is 4.31 Å². The van der Waals surface area contributed by atoms with Crippen molar-refractivity contribution in [1.29, 1.82) is 0 Å². The maximum Gasteiger partial charge on any atom is 0.244 e. The third-order valence-corrected chi connectivity index (χ3v) is 7.61. The number of amides is 1. The highest BCUT2D eigenvalue weighted by atomic mass is 35.5. The lowest BCUT2D eigenvalue weighted by molar-refractivity contribution is -0.120. The van der Waals surface area contributed by atoms with Crippen molar-refractivity contribution in [2.45, 2.75) is 17.7 Å². The number of carbonyl (C=O) groups is 1. The molecule has 1 aliphatic heterocycles. The van der Waals surface area contributed by atoms with Gasteiger partial charge in [0.05, 0.1) is 17.8 Å². The minimum atomic E-state index is -3.79. The molecule has 0 radical (unpaired) electrons. The Morgan fingerprint density at radius 1 is 1.07 bits per heavy atom. The Balaban J connectivity index is 1.68. The Bertz CT molecular complexity index is 1020. The highest BCUT2D eigenvalue weighted by Gasteiger charge is 2.33. The molecule has 2 aromatic rings. The second-order valence-electron chi connectivity index (χ2n) is 6.59. The van der Waals surface area contributed by atoms with E-state index in [4.69, 9.17) is 39.5 Å². The van der Waals surface area contributed by atoms with Crippen LogP contribution >= 0.6 is 34.8 Å². The fourth-order valence-corrected chi connectivity index (χ4v) is 5.56. The number of anilines is 1. The fraction of sp³-hybridized carbons (Fsp3) is 0.316. The zero-order valence-corrected chi connectivity index (χ0v) is 18.6. The lowest BCUT2D eigenvalue weighted by Crippen LogP contribution is -2.41. The van der Waals surface area contributed by atoms with Crippen LogP contribution in [0.3, 0.4) is 0 Å². The van der Waals surface area contributed by atoms with E-state index in [0.29, 0.717) is 29.3 Å². The number of halogens is 3. The van der Waals surface area contributed by atoms with Gasteiger partial charge >= 0.3 is 0 Å². The first-order valence-corrected chi connectivity index (χ1v) is 11.4. The molecule has 10 heteroatoms. The molecule has 6 nitrogen and oxygen atoms in total. The van der Waals surface area contributed by atoms with Crippen LogP contribution in [-0.4, -0.2) is 38.8 Å². The third-order valence-electron chi connectivity index (χ3n) is 4.76. The summed E-state index contributed by atoms with van der Waals surface area (Å²) in [6.45, 7) is 0.409. The number of hydrogen-bond donors (Lipinski definition) is 1. The van der Waals surface area contributed by atoms with Crippen molar-refractivity contribution in [3.8, 4) is 5.75 Å². The summed E-state index contributed by atoms with van der Waals surface area (Å²) in [5, 5.41) is 3.69. The summed E-state index contributed by atoms with van der Waals surface area (Å²) in [4.78, 5) is 12.6. The number of nitrogens with one attached hydrogen (secondary N) is 1. The van der Waals surface area contributed by atoms with Gasteiger partial charge in [-0.25, -0.2) is 8.42 Å². The predicted molar refractivity (Wildman–Crippen MR) is 115 cm³/mol. The SMILES string of the molecule is COc1ccc(Cl)cc1NC(=O)C1CCN(S(=O)(=O)c2cc(Cl)ccc2Cl)CC1. The van der Waals surface area contributed by atoms with E-state index in [0.717, 1.165) is 0 Å². The van der Waals surface area contributed by atoms with Crippen LogP contribution in [0, 0.1) is 5.92 Å². The van der Waals surface area contributed by atoms with Gasteiger partial charge < -0.3 is 10.1 Å². The average Bonchev–Trinajstić information content (AvgIpc) is 2.70. The second-order valence-corrected chi connectivity index (χ2v) is 9.77. The van der Waals surface area contributed by atoms with Gasteiger partial charge in [-0.3, -0.25) is 4.79 Å². The van der Waals surface area contributed by atoms with Crippen LogP contribution in [0.2, 0.25) is 15.1 Å². The van der Waals surface area contributed by atoms with Gasteiger partial charge in [0.1, 0.15) is 10.6 Å². The number of methoxy groups -OCH3 is 1. The van der Waals surface area contributed by atoms with Crippen LogP contribution < -0.4 is 10.1 Å². The zero-order valence-electron chi connectivity index (χ0n) is 15.5. The van der Waals surface area contributed by atoms with E-state index < -0.39 is 10.0 Å². The number of hydrogen-bond acceptors (Lipinski definition) is 4. The van der Waals surface area contributed by atoms with E-state index in [1.165, 1.54) is 29.6 Å². The standard InChI is InChI=1S/C19H19Cl3N2O4S/c1-28-17-5-3-13(20)10-16(17)23-19(25)12-6-8-24(9-7-12)29(26,27)18-11-14(21)2-4-15(18)22/h2-5,10-12H,6-9H2,1H3,(H,23,25). The van der Waals surface area contributed by atoms with Crippen LogP contribution in [0.4, 0.5) is 5.69 Å². The van der Waals surface area contributed by atoms with E-state index in [2.05, 4.69) is 5.32 Å². The van der Waals surface area contributed by atoms with Crippen molar-refractivity contribution in [3.63, 3.8) is 0 Å². The molecule has 156 valence electrons. The van der Waals surface area contributed by atoms with Crippen molar-refractivity contribution in [2.75, 3.05) is 25.5 Å². The van der Waals surface area contributed by atoms with Crippen LogP contribution in [0.1, 0.15) is 12.8 Å². The number of sulfonamides is 1. The van der Waals surface area contributed by atoms with Crippen molar-refractivity contribution >= 4 is 56.4 Å². The van der Waals surface area contributed by atoms with Gasteiger partial charge in [-0.15, -0.1) is 0 Å². The summed E-state index contributed by atoms with van der Waals surface area (Å²) < 4.78 is 32.4. The molecule has 3 rings (SSSR count). The Hall–Kier alpha value is -1.51. The van der Waals surface area contributed by atoms with Gasteiger partial charge in [-0.05, 0) is 49.2 Å². The first kappa shape index (κ1) is 22.2. The van der Waals surface area contributed by atoms with Crippen LogP contribution in [-0.2, 0) is 14.8 Å². The molecule has 1 saturated heterocycles. The number of benzene rings is 2. The summed E-state index contributed by atoms with van der Waals surface area (Å²) in [6.07, 6.45) is 0.762. The number of rotatable bonds is 5. The van der Waals surface area contributed by atoms with E-state index in [9.17, 15) is 13.2 Å². The number of ether oxygens (including phenoxy) is 1. The maximum atomic E-state index is 12.9. The summed E-state index contributed by atoms with van der Waals surface area (Å²) in [5.74, 6) is -0.0401. The van der Waals surface area contributed by atoms with Crippen LogP contribution in [0.25, 0.3) is 0 Å². The molecule has 1 amide bonds. The lowest BCUT2D eigenvalue weighted by Gasteiger charge is -2.31. The van der Waals surface area contributed by atoms with Crippen molar-refractivity contribution in [3.05, 3.63) is 51.5 Å². The third kappa shape index (κ3) is 4.98. The molecule has 0 bridgehead atoms. The number of piperidine rings is 1. The average molecular weight is 478 g/mol. The maximum absolute atomic E-state index is 12.9. The summed E-state index contributed by atoms with van der Waals surface area (Å²) in [5.41, 5.74) is 0.478. The minimum absolute atomic E-state index is 0.0294. The zero-order chi connectivity index (χ0) is 21.2. The summed E-state index contributed by atoms with van der Waals surface area (Å²) in [7, 11) is -2.29. The molecule has 0 unspecified atom stereocenters. The monoisotopic (exact) mass is 476 g/mol. The highest BCUT2D eigenvalue weighted by Crippen LogP contribution is 2.32. The van der Waals surface area contributed by atoms with Crippen molar-refractivity contribution in [1.82, 2.24) is 4.31 Å². The molecule has 29 heavy (non-hydrogen) atoms.